The first kappa shape index (κ1) is 18.8. The highest BCUT2D eigenvalue weighted by atomic mass is 16.3. The summed E-state index contributed by atoms with van der Waals surface area (Å²) in [6.45, 7) is 5.47. The van der Waals surface area contributed by atoms with Gasteiger partial charge in [0.15, 0.2) is 0 Å². The Bertz CT molecular complexity index is 1230. The first-order valence-electron chi connectivity index (χ1n) is 11.2. The Hall–Kier alpha value is -2.91. The third-order valence-corrected chi connectivity index (χ3v) is 7.98. The van der Waals surface area contributed by atoms with Crippen LogP contribution < -0.4 is 4.90 Å². The molecule has 2 aromatic heterocycles. The SMILES string of the molecule is CC(C)(O)[C@@H]1CCN(c2cc(-n3ncc4ccc([C@]5(C#N)CC56CC6)cc43)ccn2)C1. The first-order valence-corrected chi connectivity index (χ1v) is 11.2. The van der Waals surface area contributed by atoms with Crippen molar-refractivity contribution >= 4 is 16.7 Å². The van der Waals surface area contributed by atoms with Gasteiger partial charge in [-0.3, -0.25) is 0 Å². The third kappa shape index (κ3) is 2.73. The molecular formula is C25H27N5O. The van der Waals surface area contributed by atoms with Gasteiger partial charge in [0.05, 0.1) is 34.5 Å². The van der Waals surface area contributed by atoms with Crippen LogP contribution in [0.15, 0.2) is 42.7 Å². The van der Waals surface area contributed by atoms with Crippen LogP contribution in [0.3, 0.4) is 0 Å². The summed E-state index contributed by atoms with van der Waals surface area (Å²) in [6.07, 6.45) is 8.02. The highest BCUT2D eigenvalue weighted by Gasteiger charge is 2.75. The smallest absolute Gasteiger partial charge is 0.130 e. The van der Waals surface area contributed by atoms with Crippen molar-refractivity contribution in [3.63, 3.8) is 0 Å². The molecule has 0 radical (unpaired) electrons. The molecule has 1 N–H and O–H groups in total. The molecular weight excluding hydrogens is 386 g/mol. The Morgan fingerprint density at radius 2 is 2.06 bits per heavy atom. The molecule has 0 amide bonds. The molecule has 31 heavy (non-hydrogen) atoms. The van der Waals surface area contributed by atoms with Gasteiger partial charge in [0.1, 0.15) is 5.82 Å². The molecule has 0 bridgehead atoms. The number of benzene rings is 1. The minimum absolute atomic E-state index is 0.238. The summed E-state index contributed by atoms with van der Waals surface area (Å²) in [5, 5.41) is 26.0. The second-order valence-corrected chi connectivity index (χ2v) is 10.3. The van der Waals surface area contributed by atoms with Crippen molar-refractivity contribution in [3.05, 3.63) is 48.3 Å². The number of rotatable bonds is 4. The molecule has 3 aliphatic rings. The van der Waals surface area contributed by atoms with Gasteiger partial charge in [-0.25, -0.2) is 9.67 Å². The minimum Gasteiger partial charge on any atom is -0.390 e. The molecule has 2 atom stereocenters. The molecule has 3 aromatic rings. The maximum Gasteiger partial charge on any atom is 0.130 e. The molecule has 2 aliphatic carbocycles. The second-order valence-electron chi connectivity index (χ2n) is 10.3. The standard InChI is InChI=1S/C25H27N5O/c1-23(2,31)19-6-10-29(14-19)22-12-20(5-9-27-22)30-21-11-18(4-3-17(21)13-28-30)25(16-26)15-24(25)7-8-24/h3-5,9,11-13,19,31H,6-8,10,14-15H2,1-2H3/t19-,25-/m1/s1. The number of anilines is 1. The van der Waals surface area contributed by atoms with Crippen LogP contribution in [0, 0.1) is 22.7 Å². The molecule has 1 saturated heterocycles. The molecule has 2 saturated carbocycles. The summed E-state index contributed by atoms with van der Waals surface area (Å²) < 4.78 is 1.96. The molecule has 6 rings (SSSR count). The van der Waals surface area contributed by atoms with E-state index in [1.807, 2.05) is 37.0 Å². The third-order valence-electron chi connectivity index (χ3n) is 7.98. The highest BCUT2D eigenvalue weighted by Crippen LogP contribution is 2.78. The fourth-order valence-corrected chi connectivity index (χ4v) is 5.60. The summed E-state index contributed by atoms with van der Waals surface area (Å²) >= 11 is 0. The Balaban J connectivity index is 1.35. The van der Waals surface area contributed by atoms with Crippen molar-refractivity contribution in [1.82, 2.24) is 14.8 Å². The van der Waals surface area contributed by atoms with Gasteiger partial charge in [0, 0.05) is 36.7 Å². The number of aromatic nitrogens is 3. The van der Waals surface area contributed by atoms with Crippen molar-refractivity contribution in [1.29, 1.82) is 5.26 Å². The summed E-state index contributed by atoms with van der Waals surface area (Å²) in [6, 6.07) is 13.1. The van der Waals surface area contributed by atoms with Crippen molar-refractivity contribution < 1.29 is 5.11 Å². The van der Waals surface area contributed by atoms with Gasteiger partial charge in [0.25, 0.3) is 0 Å². The van der Waals surface area contributed by atoms with Crippen LogP contribution in [0.25, 0.3) is 16.6 Å². The Morgan fingerprint density at radius 3 is 2.74 bits per heavy atom. The number of nitriles is 1. The van der Waals surface area contributed by atoms with E-state index in [2.05, 4.69) is 45.3 Å². The average Bonchev–Trinajstić information content (AvgIpc) is 3.50. The van der Waals surface area contributed by atoms with Crippen LogP contribution in [-0.4, -0.2) is 38.6 Å². The number of nitrogens with zero attached hydrogens (tertiary/aromatic N) is 5. The van der Waals surface area contributed by atoms with Gasteiger partial charge in [-0.05, 0) is 62.6 Å². The quantitative estimate of drug-likeness (QED) is 0.700. The van der Waals surface area contributed by atoms with Gasteiger partial charge in [-0.15, -0.1) is 0 Å². The summed E-state index contributed by atoms with van der Waals surface area (Å²) in [7, 11) is 0. The lowest BCUT2D eigenvalue weighted by molar-refractivity contribution is 0.0263. The molecule has 0 unspecified atom stereocenters. The van der Waals surface area contributed by atoms with Crippen molar-refractivity contribution in [2.75, 3.05) is 18.0 Å². The van der Waals surface area contributed by atoms with E-state index in [0.717, 1.165) is 53.9 Å². The summed E-state index contributed by atoms with van der Waals surface area (Å²) in [4.78, 5) is 6.84. The number of fused-ring (bicyclic) bond motifs is 1. The van der Waals surface area contributed by atoms with E-state index in [-0.39, 0.29) is 16.7 Å². The molecule has 6 heteroatoms. The Labute approximate surface area is 182 Å². The first-order chi connectivity index (χ1) is 14.9. The molecule has 3 fully saturated rings. The Morgan fingerprint density at radius 1 is 1.23 bits per heavy atom. The highest BCUT2D eigenvalue weighted by molar-refractivity contribution is 5.82. The van der Waals surface area contributed by atoms with E-state index >= 15 is 0 Å². The Kier molecular flexibility index (Phi) is 3.69. The van der Waals surface area contributed by atoms with E-state index in [9.17, 15) is 10.4 Å². The fraction of sp³-hybridized carbons (Fsp3) is 0.480. The van der Waals surface area contributed by atoms with E-state index in [1.54, 1.807) is 0 Å². The monoisotopic (exact) mass is 413 g/mol. The van der Waals surface area contributed by atoms with Crippen LogP contribution >= 0.6 is 0 Å². The van der Waals surface area contributed by atoms with Crippen LogP contribution in [0.2, 0.25) is 0 Å². The van der Waals surface area contributed by atoms with Crippen LogP contribution in [0.4, 0.5) is 5.82 Å². The molecule has 158 valence electrons. The average molecular weight is 414 g/mol. The lowest BCUT2D eigenvalue weighted by Crippen LogP contribution is -2.33. The van der Waals surface area contributed by atoms with Gasteiger partial charge in [-0.1, -0.05) is 12.1 Å². The number of hydrogen-bond donors (Lipinski definition) is 1. The maximum atomic E-state index is 10.4. The fourth-order valence-electron chi connectivity index (χ4n) is 5.60. The van der Waals surface area contributed by atoms with Crippen LogP contribution in [0.5, 0.6) is 0 Å². The topological polar surface area (TPSA) is 78.0 Å². The largest absolute Gasteiger partial charge is 0.390 e. The molecule has 1 spiro atoms. The summed E-state index contributed by atoms with van der Waals surface area (Å²) in [5.41, 5.74) is 2.38. The summed E-state index contributed by atoms with van der Waals surface area (Å²) in [5.74, 6) is 1.15. The number of aliphatic hydroxyl groups is 1. The predicted molar refractivity (Wildman–Crippen MR) is 119 cm³/mol. The molecule has 6 nitrogen and oxygen atoms in total. The van der Waals surface area contributed by atoms with Gasteiger partial charge < -0.3 is 10.0 Å². The maximum absolute atomic E-state index is 10.4. The lowest BCUT2D eigenvalue weighted by Gasteiger charge is -2.26. The van der Waals surface area contributed by atoms with E-state index in [4.69, 9.17) is 0 Å². The number of hydrogen-bond acceptors (Lipinski definition) is 5. The van der Waals surface area contributed by atoms with E-state index in [1.165, 1.54) is 12.8 Å². The predicted octanol–water partition coefficient (Wildman–Crippen LogP) is 3.96. The zero-order chi connectivity index (χ0) is 21.4. The molecule has 3 heterocycles. The van der Waals surface area contributed by atoms with Crippen molar-refractivity contribution in [2.45, 2.75) is 50.5 Å². The van der Waals surface area contributed by atoms with E-state index < -0.39 is 5.60 Å². The van der Waals surface area contributed by atoms with Crippen LogP contribution in [0.1, 0.15) is 45.1 Å². The van der Waals surface area contributed by atoms with E-state index in [0.29, 0.717) is 0 Å². The van der Waals surface area contributed by atoms with Crippen molar-refractivity contribution in [2.24, 2.45) is 11.3 Å². The van der Waals surface area contributed by atoms with Gasteiger partial charge >= 0.3 is 0 Å². The normalized spacial score (nSPS) is 26.4. The van der Waals surface area contributed by atoms with Gasteiger partial charge in [0.2, 0.25) is 0 Å². The zero-order valence-corrected chi connectivity index (χ0v) is 18.0. The second kappa shape index (κ2) is 6.08. The zero-order valence-electron chi connectivity index (χ0n) is 18.0. The number of pyridine rings is 1. The van der Waals surface area contributed by atoms with Gasteiger partial charge in [-0.2, -0.15) is 10.4 Å². The minimum atomic E-state index is -0.681. The lowest BCUT2D eigenvalue weighted by atomic mass is 9.90. The molecule has 1 aliphatic heterocycles. The van der Waals surface area contributed by atoms with Crippen LogP contribution in [-0.2, 0) is 5.41 Å². The molecule has 1 aromatic carbocycles. The van der Waals surface area contributed by atoms with Crippen molar-refractivity contribution in [3.8, 4) is 11.8 Å².